The van der Waals surface area contributed by atoms with Gasteiger partial charge in [0.25, 0.3) is 11.9 Å². The number of pyridine rings is 1. The van der Waals surface area contributed by atoms with Crippen molar-refractivity contribution in [1.29, 1.82) is 0 Å². The van der Waals surface area contributed by atoms with Crippen LogP contribution >= 0.6 is 0 Å². The molecule has 0 atom stereocenters. The van der Waals surface area contributed by atoms with E-state index in [0.717, 1.165) is 5.69 Å². The van der Waals surface area contributed by atoms with Crippen LogP contribution in [0.4, 0.5) is 33.3 Å². The van der Waals surface area contributed by atoms with Crippen LogP contribution < -0.4 is 10.2 Å². The summed E-state index contributed by atoms with van der Waals surface area (Å²) in [7, 11) is 0. The molecule has 1 N–H and O–H groups in total. The zero-order valence-electron chi connectivity index (χ0n) is 14.7. The quantitative estimate of drug-likeness (QED) is 0.620. The fraction of sp³-hybridized carbons (Fsp3) is 0.333. The molecule has 0 radical (unpaired) electrons. The lowest BCUT2D eigenvalue weighted by Gasteiger charge is -2.36. The first-order chi connectivity index (χ1) is 13.4. The van der Waals surface area contributed by atoms with Gasteiger partial charge in [0.1, 0.15) is 11.5 Å². The number of hydrogen-bond donors (Lipinski definition) is 1. The van der Waals surface area contributed by atoms with Crippen LogP contribution in [0.15, 0.2) is 24.3 Å². The standard InChI is InChI=1S/C18H17F5N4O/c19-11-1-3-12(4-2-11)26-7-9-27(10-8-26)13(28)5-6-24-16-14(20)17(22)25-18(23)15(16)21/h1-4H,5-10H2,(H,24,25). The van der Waals surface area contributed by atoms with Crippen molar-refractivity contribution in [3.05, 3.63) is 53.6 Å². The van der Waals surface area contributed by atoms with Crippen molar-refractivity contribution in [3.63, 3.8) is 0 Å². The predicted molar refractivity (Wildman–Crippen MR) is 92.4 cm³/mol. The van der Waals surface area contributed by atoms with Crippen LogP contribution in [0.5, 0.6) is 0 Å². The van der Waals surface area contributed by atoms with Crippen molar-refractivity contribution in [2.75, 3.05) is 42.9 Å². The van der Waals surface area contributed by atoms with E-state index in [4.69, 9.17) is 0 Å². The summed E-state index contributed by atoms with van der Waals surface area (Å²) in [5, 5.41) is 2.21. The summed E-state index contributed by atoms with van der Waals surface area (Å²) in [6.45, 7) is 1.76. The molecule has 1 amide bonds. The van der Waals surface area contributed by atoms with Crippen LogP contribution in [0, 0.1) is 29.3 Å². The molecule has 2 heterocycles. The third-order valence-electron chi connectivity index (χ3n) is 4.46. The maximum absolute atomic E-state index is 13.5. The highest BCUT2D eigenvalue weighted by atomic mass is 19.2. The molecule has 0 saturated carbocycles. The van der Waals surface area contributed by atoms with Crippen LogP contribution in [-0.2, 0) is 4.79 Å². The van der Waals surface area contributed by atoms with Crippen molar-refractivity contribution in [2.24, 2.45) is 0 Å². The van der Waals surface area contributed by atoms with Crippen LogP contribution in [-0.4, -0.2) is 48.5 Å². The van der Waals surface area contributed by atoms with Gasteiger partial charge in [-0.15, -0.1) is 0 Å². The summed E-state index contributed by atoms with van der Waals surface area (Å²) in [4.78, 5) is 18.3. The number of rotatable bonds is 5. The van der Waals surface area contributed by atoms with Gasteiger partial charge in [-0.3, -0.25) is 4.79 Å². The van der Waals surface area contributed by atoms with Crippen LogP contribution in [0.1, 0.15) is 6.42 Å². The normalized spacial score (nSPS) is 14.3. The van der Waals surface area contributed by atoms with Gasteiger partial charge in [-0.25, -0.2) is 4.39 Å². The third kappa shape index (κ3) is 4.32. The Morgan fingerprint density at radius 3 is 2.07 bits per heavy atom. The van der Waals surface area contributed by atoms with Gasteiger partial charge in [0, 0.05) is 44.8 Å². The number of carbonyl (C=O) groups is 1. The number of hydrogen-bond acceptors (Lipinski definition) is 4. The van der Waals surface area contributed by atoms with Crippen molar-refractivity contribution in [1.82, 2.24) is 9.88 Å². The van der Waals surface area contributed by atoms with Gasteiger partial charge in [-0.05, 0) is 24.3 Å². The molecule has 5 nitrogen and oxygen atoms in total. The smallest absolute Gasteiger partial charge is 0.253 e. The molecule has 2 aromatic rings. The number of benzene rings is 1. The molecule has 150 valence electrons. The number of halogens is 5. The van der Waals surface area contributed by atoms with Gasteiger partial charge >= 0.3 is 0 Å². The lowest BCUT2D eigenvalue weighted by molar-refractivity contribution is -0.131. The lowest BCUT2D eigenvalue weighted by atomic mass is 10.2. The van der Waals surface area contributed by atoms with E-state index >= 15 is 0 Å². The first-order valence-corrected chi connectivity index (χ1v) is 8.59. The number of anilines is 2. The van der Waals surface area contributed by atoms with E-state index in [-0.39, 0.29) is 24.7 Å². The number of nitrogens with zero attached hydrogens (tertiary/aromatic N) is 3. The van der Waals surface area contributed by atoms with E-state index < -0.39 is 29.2 Å². The first kappa shape index (κ1) is 19.8. The van der Waals surface area contributed by atoms with Crippen LogP contribution in [0.3, 0.4) is 0 Å². The molecular weight excluding hydrogens is 383 g/mol. The summed E-state index contributed by atoms with van der Waals surface area (Å²) in [6.07, 6.45) is -0.110. The summed E-state index contributed by atoms with van der Waals surface area (Å²) in [6, 6.07) is 6.04. The number of nitrogens with one attached hydrogen (secondary N) is 1. The minimum atomic E-state index is -1.76. The van der Waals surface area contributed by atoms with Crippen molar-refractivity contribution in [3.8, 4) is 0 Å². The molecule has 0 unspecified atom stereocenters. The Kier molecular flexibility index (Phi) is 5.96. The summed E-state index contributed by atoms with van der Waals surface area (Å²) >= 11 is 0. The molecule has 0 spiro atoms. The Bertz CT molecular complexity index is 828. The largest absolute Gasteiger partial charge is 0.379 e. The van der Waals surface area contributed by atoms with Gasteiger partial charge < -0.3 is 15.1 Å². The average Bonchev–Trinajstić information content (AvgIpc) is 2.69. The number of amides is 1. The average molecular weight is 400 g/mol. The minimum absolute atomic E-state index is 0.110. The highest BCUT2D eigenvalue weighted by Gasteiger charge is 2.23. The zero-order chi connectivity index (χ0) is 20.3. The maximum Gasteiger partial charge on any atom is 0.253 e. The Morgan fingerprint density at radius 2 is 1.50 bits per heavy atom. The van der Waals surface area contributed by atoms with E-state index in [0.29, 0.717) is 26.2 Å². The number of piperazine rings is 1. The molecule has 1 fully saturated rings. The molecule has 28 heavy (non-hydrogen) atoms. The topological polar surface area (TPSA) is 48.5 Å². The molecule has 3 rings (SSSR count). The lowest BCUT2D eigenvalue weighted by Crippen LogP contribution is -2.49. The fourth-order valence-corrected chi connectivity index (χ4v) is 2.96. The van der Waals surface area contributed by atoms with Gasteiger partial charge in [0.2, 0.25) is 17.5 Å². The van der Waals surface area contributed by atoms with Crippen molar-refractivity contribution >= 4 is 17.3 Å². The first-order valence-electron chi connectivity index (χ1n) is 8.59. The Labute approximate surface area is 157 Å². The molecule has 0 aliphatic carbocycles. The molecule has 1 saturated heterocycles. The Balaban J connectivity index is 1.50. The Morgan fingerprint density at radius 1 is 0.929 bits per heavy atom. The molecule has 1 aromatic heterocycles. The van der Waals surface area contributed by atoms with Crippen molar-refractivity contribution < 1.29 is 26.7 Å². The van der Waals surface area contributed by atoms with Gasteiger partial charge in [-0.1, -0.05) is 0 Å². The second-order valence-electron chi connectivity index (χ2n) is 6.22. The second kappa shape index (κ2) is 8.41. The fourth-order valence-electron chi connectivity index (χ4n) is 2.96. The monoisotopic (exact) mass is 400 g/mol. The summed E-state index contributed by atoms with van der Waals surface area (Å²) < 4.78 is 66.2. The molecule has 10 heteroatoms. The molecular formula is C18H17F5N4O. The minimum Gasteiger partial charge on any atom is -0.379 e. The zero-order valence-corrected chi connectivity index (χ0v) is 14.7. The predicted octanol–water partition coefficient (Wildman–Crippen LogP) is 2.93. The van der Waals surface area contributed by atoms with E-state index in [9.17, 15) is 26.7 Å². The second-order valence-corrected chi connectivity index (χ2v) is 6.22. The van der Waals surface area contributed by atoms with Crippen LogP contribution in [0.2, 0.25) is 0 Å². The van der Waals surface area contributed by atoms with Gasteiger partial charge in [-0.2, -0.15) is 22.5 Å². The van der Waals surface area contributed by atoms with Gasteiger partial charge in [0.05, 0.1) is 0 Å². The van der Waals surface area contributed by atoms with E-state index in [1.165, 1.54) is 12.1 Å². The molecule has 1 aliphatic rings. The SMILES string of the molecule is O=C(CCNc1c(F)c(F)nc(F)c1F)N1CCN(c2ccc(F)cc2)CC1. The van der Waals surface area contributed by atoms with Crippen molar-refractivity contribution in [2.45, 2.75) is 6.42 Å². The Hall–Kier alpha value is -2.91. The molecule has 1 aromatic carbocycles. The highest BCUT2D eigenvalue weighted by molar-refractivity contribution is 5.77. The number of carbonyl (C=O) groups excluding carboxylic acids is 1. The van der Waals surface area contributed by atoms with E-state index in [2.05, 4.69) is 10.3 Å². The maximum atomic E-state index is 13.5. The van der Waals surface area contributed by atoms with E-state index in [1.54, 1.807) is 17.0 Å². The summed E-state index contributed by atoms with van der Waals surface area (Å²) in [5.41, 5.74) is -0.137. The number of aromatic nitrogens is 1. The van der Waals surface area contributed by atoms with Gasteiger partial charge in [0.15, 0.2) is 0 Å². The molecule has 1 aliphatic heterocycles. The molecule has 0 bridgehead atoms. The summed E-state index contributed by atoms with van der Waals surface area (Å²) in [5.74, 6) is -7.39. The highest BCUT2D eigenvalue weighted by Crippen LogP contribution is 2.22. The van der Waals surface area contributed by atoms with Crippen LogP contribution in [0.25, 0.3) is 0 Å². The van der Waals surface area contributed by atoms with E-state index in [1.807, 2.05) is 4.90 Å². The third-order valence-corrected chi connectivity index (χ3v) is 4.46.